The van der Waals surface area contributed by atoms with Gasteiger partial charge in [-0.25, -0.2) is 0 Å². The summed E-state index contributed by atoms with van der Waals surface area (Å²) < 4.78 is 5.39. The molecule has 0 saturated carbocycles. The van der Waals surface area contributed by atoms with E-state index in [0.29, 0.717) is 11.4 Å². The molecule has 0 atom stereocenters. The highest BCUT2D eigenvalue weighted by Gasteiger charge is 2.14. The number of nitrogens with one attached hydrogen (secondary N) is 2. The molecule has 0 spiro atoms. The van der Waals surface area contributed by atoms with Gasteiger partial charge in [-0.05, 0) is 24.3 Å². The third-order valence-electron chi connectivity index (χ3n) is 2.98. The molecule has 0 fully saturated rings. The predicted molar refractivity (Wildman–Crippen MR) is 93.0 cm³/mol. The highest BCUT2D eigenvalue weighted by molar-refractivity contribution is 6.32. The molecule has 9 heteroatoms. The molecule has 130 valence electrons. The van der Waals surface area contributed by atoms with Crippen LogP contribution in [0.2, 0.25) is 5.02 Å². The number of ether oxygens (including phenoxy) is 1. The number of halogens is 1. The largest absolute Gasteiger partial charge is 0.482 e. The van der Waals surface area contributed by atoms with Crippen LogP contribution >= 0.6 is 11.6 Å². The summed E-state index contributed by atoms with van der Waals surface area (Å²) in [6.45, 7) is 1.02. The van der Waals surface area contributed by atoms with Crippen molar-refractivity contribution in [3.63, 3.8) is 0 Å². The first-order valence-corrected chi connectivity index (χ1v) is 7.48. The molecular weight excluding hydrogens is 350 g/mol. The second kappa shape index (κ2) is 8.11. The predicted octanol–water partition coefficient (Wildman–Crippen LogP) is 3.22. The molecule has 2 aromatic carbocycles. The number of hydrogen-bond acceptors (Lipinski definition) is 5. The van der Waals surface area contributed by atoms with E-state index >= 15 is 0 Å². The van der Waals surface area contributed by atoms with Crippen molar-refractivity contribution >= 4 is 40.5 Å². The molecule has 2 N–H and O–H groups in total. The van der Waals surface area contributed by atoms with Gasteiger partial charge in [0.2, 0.25) is 5.91 Å². The van der Waals surface area contributed by atoms with Gasteiger partial charge in [-0.2, -0.15) is 0 Å². The second-order valence-electron chi connectivity index (χ2n) is 4.94. The number of nitro groups is 1. The number of rotatable bonds is 6. The van der Waals surface area contributed by atoms with Gasteiger partial charge in [0.15, 0.2) is 6.61 Å². The summed E-state index contributed by atoms with van der Waals surface area (Å²) in [5.74, 6) is -0.460. The third kappa shape index (κ3) is 5.18. The van der Waals surface area contributed by atoms with Crippen LogP contribution in [0.5, 0.6) is 5.75 Å². The molecule has 0 aliphatic carbocycles. The minimum Gasteiger partial charge on any atom is -0.482 e. The van der Waals surface area contributed by atoms with E-state index < -0.39 is 10.8 Å². The van der Waals surface area contributed by atoms with Crippen molar-refractivity contribution in [2.24, 2.45) is 0 Å². The average Bonchev–Trinajstić information content (AvgIpc) is 2.55. The van der Waals surface area contributed by atoms with Crippen LogP contribution in [0.3, 0.4) is 0 Å². The summed E-state index contributed by atoms with van der Waals surface area (Å²) in [4.78, 5) is 33.3. The van der Waals surface area contributed by atoms with Crippen LogP contribution in [0.15, 0.2) is 42.5 Å². The molecule has 0 aliphatic rings. The van der Waals surface area contributed by atoms with Crippen LogP contribution in [0, 0.1) is 10.1 Å². The van der Waals surface area contributed by atoms with Crippen molar-refractivity contribution in [3.8, 4) is 5.75 Å². The summed E-state index contributed by atoms with van der Waals surface area (Å²) in [6.07, 6.45) is 0. The average molecular weight is 364 g/mol. The zero-order valence-corrected chi connectivity index (χ0v) is 13.9. The van der Waals surface area contributed by atoms with Gasteiger partial charge in [0, 0.05) is 18.7 Å². The molecule has 0 aromatic heterocycles. The maximum absolute atomic E-state index is 12.0. The van der Waals surface area contributed by atoms with Gasteiger partial charge in [0.1, 0.15) is 10.8 Å². The number of carbonyl (C=O) groups excluding carboxylic acids is 2. The van der Waals surface area contributed by atoms with Crippen LogP contribution in [-0.4, -0.2) is 23.3 Å². The number of carbonyl (C=O) groups is 2. The third-order valence-corrected chi connectivity index (χ3v) is 3.30. The van der Waals surface area contributed by atoms with Crippen LogP contribution < -0.4 is 15.4 Å². The summed E-state index contributed by atoms with van der Waals surface area (Å²) in [5.41, 5.74) is 0.348. The molecule has 0 bridgehead atoms. The van der Waals surface area contributed by atoms with E-state index in [1.165, 1.54) is 19.1 Å². The monoisotopic (exact) mass is 363 g/mol. The minimum absolute atomic E-state index is 0.0246. The van der Waals surface area contributed by atoms with Gasteiger partial charge >= 0.3 is 0 Å². The van der Waals surface area contributed by atoms with Crippen LogP contribution in [0.4, 0.5) is 17.1 Å². The second-order valence-corrected chi connectivity index (χ2v) is 5.34. The first-order chi connectivity index (χ1) is 11.9. The lowest BCUT2D eigenvalue weighted by atomic mass is 10.2. The normalized spacial score (nSPS) is 10.0. The number of amides is 2. The Morgan fingerprint density at radius 3 is 2.60 bits per heavy atom. The molecular formula is C16H14ClN3O5. The van der Waals surface area contributed by atoms with E-state index in [-0.39, 0.29) is 28.9 Å². The number of nitrogens with zero attached hydrogens (tertiary/aromatic N) is 1. The van der Waals surface area contributed by atoms with Crippen molar-refractivity contribution in [1.29, 1.82) is 0 Å². The van der Waals surface area contributed by atoms with Gasteiger partial charge in [-0.15, -0.1) is 0 Å². The van der Waals surface area contributed by atoms with Gasteiger partial charge in [-0.3, -0.25) is 19.7 Å². The van der Waals surface area contributed by atoms with E-state index in [1.807, 2.05) is 0 Å². The topological polar surface area (TPSA) is 111 Å². The first-order valence-electron chi connectivity index (χ1n) is 7.10. The van der Waals surface area contributed by atoms with E-state index in [9.17, 15) is 19.7 Å². The van der Waals surface area contributed by atoms with Crippen molar-refractivity contribution in [2.75, 3.05) is 17.2 Å². The maximum atomic E-state index is 12.0. The molecule has 0 radical (unpaired) electrons. The molecule has 0 saturated heterocycles. The summed E-state index contributed by atoms with van der Waals surface area (Å²) in [7, 11) is 0. The lowest BCUT2D eigenvalue weighted by Crippen LogP contribution is -2.20. The SMILES string of the molecule is CC(=O)Nc1ccccc1OCC(=O)Nc1ccc(Cl)c([N+](=O)[O-])c1. The summed E-state index contributed by atoms with van der Waals surface area (Å²) in [6, 6.07) is 10.6. The fourth-order valence-corrected chi connectivity index (χ4v) is 2.14. The Morgan fingerprint density at radius 2 is 1.92 bits per heavy atom. The number of hydrogen-bond donors (Lipinski definition) is 2. The molecule has 0 aliphatic heterocycles. The fraction of sp³-hybridized carbons (Fsp3) is 0.125. The van der Waals surface area contributed by atoms with Crippen molar-refractivity contribution in [1.82, 2.24) is 0 Å². The summed E-state index contributed by atoms with van der Waals surface area (Å²) in [5, 5.41) is 15.9. The number of nitro benzene ring substituents is 1. The molecule has 25 heavy (non-hydrogen) atoms. The quantitative estimate of drug-likeness (QED) is 0.604. The standard InChI is InChI=1S/C16H14ClN3O5/c1-10(21)18-13-4-2-3-5-15(13)25-9-16(22)19-11-6-7-12(17)14(8-11)20(23)24/h2-8H,9H2,1H3,(H,18,21)(H,19,22). The molecule has 2 rings (SSSR count). The molecule has 8 nitrogen and oxygen atoms in total. The Morgan fingerprint density at radius 1 is 1.20 bits per heavy atom. The lowest BCUT2D eigenvalue weighted by Gasteiger charge is -2.11. The Labute approximate surface area is 147 Å². The van der Waals surface area contributed by atoms with Crippen LogP contribution in [0.25, 0.3) is 0 Å². The maximum Gasteiger partial charge on any atom is 0.289 e. The van der Waals surface area contributed by atoms with Crippen molar-refractivity contribution in [3.05, 3.63) is 57.6 Å². The molecule has 0 unspecified atom stereocenters. The van der Waals surface area contributed by atoms with Gasteiger partial charge in [0.05, 0.1) is 10.6 Å². The van der Waals surface area contributed by atoms with E-state index in [4.69, 9.17) is 16.3 Å². The first kappa shape index (κ1) is 18.2. The van der Waals surface area contributed by atoms with Crippen molar-refractivity contribution < 1.29 is 19.2 Å². The smallest absolute Gasteiger partial charge is 0.289 e. The van der Waals surface area contributed by atoms with E-state index in [2.05, 4.69) is 10.6 Å². The van der Waals surface area contributed by atoms with E-state index in [1.54, 1.807) is 24.3 Å². The summed E-state index contributed by atoms with van der Waals surface area (Å²) >= 11 is 5.71. The Bertz CT molecular complexity index is 825. The highest BCUT2D eigenvalue weighted by Crippen LogP contribution is 2.27. The number of para-hydroxylation sites is 2. The van der Waals surface area contributed by atoms with Gasteiger partial charge in [0.25, 0.3) is 11.6 Å². The number of benzene rings is 2. The van der Waals surface area contributed by atoms with Crippen molar-refractivity contribution in [2.45, 2.75) is 6.92 Å². The zero-order chi connectivity index (χ0) is 18.4. The zero-order valence-electron chi connectivity index (χ0n) is 13.1. The fourth-order valence-electron chi connectivity index (χ4n) is 1.96. The van der Waals surface area contributed by atoms with Gasteiger partial charge in [-0.1, -0.05) is 23.7 Å². The molecule has 0 heterocycles. The highest BCUT2D eigenvalue weighted by atomic mass is 35.5. The van der Waals surface area contributed by atoms with Crippen LogP contribution in [-0.2, 0) is 9.59 Å². The number of anilines is 2. The molecule has 2 aromatic rings. The lowest BCUT2D eigenvalue weighted by molar-refractivity contribution is -0.384. The minimum atomic E-state index is -0.641. The van der Waals surface area contributed by atoms with Crippen LogP contribution in [0.1, 0.15) is 6.92 Å². The Hall–Kier alpha value is -3.13. The molecule has 2 amide bonds. The Kier molecular flexibility index (Phi) is 5.91. The Balaban J connectivity index is 2.01. The van der Waals surface area contributed by atoms with E-state index in [0.717, 1.165) is 6.07 Å². The van der Waals surface area contributed by atoms with Gasteiger partial charge < -0.3 is 15.4 Å².